The molecule has 1 aliphatic heterocycles. The van der Waals surface area contributed by atoms with E-state index in [1.165, 1.54) is 0 Å². The van der Waals surface area contributed by atoms with Gasteiger partial charge in [0.2, 0.25) is 0 Å². The molecule has 100 valence electrons. The molecule has 0 saturated carbocycles. The van der Waals surface area contributed by atoms with E-state index in [2.05, 4.69) is 37.1 Å². The summed E-state index contributed by atoms with van der Waals surface area (Å²) in [5.41, 5.74) is 2.58. The predicted octanol–water partition coefficient (Wildman–Crippen LogP) is 1.55. The Kier molecular flexibility index (Phi) is 3.44. The van der Waals surface area contributed by atoms with E-state index in [-0.39, 0.29) is 5.92 Å². The van der Waals surface area contributed by atoms with E-state index in [4.69, 9.17) is 15.7 Å². The molecule has 0 aromatic carbocycles. The van der Waals surface area contributed by atoms with Crippen molar-refractivity contribution in [2.45, 2.75) is 26.1 Å². The summed E-state index contributed by atoms with van der Waals surface area (Å²) in [4.78, 5) is 6.13. The Bertz CT molecular complexity index is 611. The summed E-state index contributed by atoms with van der Waals surface area (Å²) in [6.07, 6.45) is 1.73. The molecule has 0 spiro atoms. The van der Waals surface area contributed by atoms with Crippen molar-refractivity contribution < 1.29 is 0 Å². The SMILES string of the molecule is [B]C1([B])c2nc(C)nn2C(C=C)=C(C(=C)C(C)C)N1C. The van der Waals surface area contributed by atoms with Gasteiger partial charge in [-0.2, -0.15) is 5.10 Å². The molecule has 0 aliphatic carbocycles. The molecule has 0 fully saturated rings. The minimum absolute atomic E-state index is 0.254. The minimum atomic E-state index is -1.24. The van der Waals surface area contributed by atoms with Crippen LogP contribution in [0.25, 0.3) is 5.70 Å². The lowest BCUT2D eigenvalue weighted by Gasteiger charge is -2.44. The third-order valence-electron chi connectivity index (χ3n) is 3.63. The lowest BCUT2D eigenvalue weighted by atomic mass is 9.59. The van der Waals surface area contributed by atoms with Gasteiger partial charge in [-0.25, -0.2) is 9.67 Å². The van der Waals surface area contributed by atoms with Crippen molar-refractivity contribution >= 4 is 21.4 Å². The third-order valence-corrected chi connectivity index (χ3v) is 3.63. The smallest absolute Gasteiger partial charge is 0.148 e. The van der Waals surface area contributed by atoms with Gasteiger partial charge in [-0.3, -0.25) is 0 Å². The van der Waals surface area contributed by atoms with Gasteiger partial charge in [0.15, 0.2) is 0 Å². The van der Waals surface area contributed by atoms with Crippen molar-refractivity contribution in [2.24, 2.45) is 5.92 Å². The van der Waals surface area contributed by atoms with Gasteiger partial charge in [-0.1, -0.05) is 27.0 Å². The Hall–Kier alpha value is -1.71. The van der Waals surface area contributed by atoms with Crippen molar-refractivity contribution in [3.05, 3.63) is 42.2 Å². The Labute approximate surface area is 123 Å². The molecule has 20 heavy (non-hydrogen) atoms. The summed E-state index contributed by atoms with van der Waals surface area (Å²) in [5.74, 6) is 1.36. The highest BCUT2D eigenvalue weighted by atomic mass is 15.4. The quantitative estimate of drug-likeness (QED) is 0.776. The molecule has 6 heteroatoms. The number of aromatic nitrogens is 3. The average Bonchev–Trinajstić information content (AvgIpc) is 2.75. The van der Waals surface area contributed by atoms with Gasteiger partial charge in [0, 0.05) is 12.4 Å². The van der Waals surface area contributed by atoms with Crippen LogP contribution in [0, 0.1) is 12.8 Å². The normalized spacial score (nSPS) is 17.4. The molecule has 0 bridgehead atoms. The van der Waals surface area contributed by atoms with E-state index >= 15 is 0 Å². The monoisotopic (exact) mass is 264 g/mol. The van der Waals surface area contributed by atoms with Crippen LogP contribution in [0.3, 0.4) is 0 Å². The van der Waals surface area contributed by atoms with E-state index in [9.17, 15) is 0 Å². The van der Waals surface area contributed by atoms with Crippen LogP contribution in [0.1, 0.15) is 25.5 Å². The first-order chi connectivity index (χ1) is 9.21. The molecule has 4 radical (unpaired) electrons. The van der Waals surface area contributed by atoms with Gasteiger partial charge < -0.3 is 4.90 Å². The Morgan fingerprint density at radius 2 is 2.00 bits per heavy atom. The largest absolute Gasteiger partial charge is 0.377 e. The van der Waals surface area contributed by atoms with E-state index in [1.54, 1.807) is 22.6 Å². The fourth-order valence-electron chi connectivity index (χ4n) is 2.29. The second-order valence-electron chi connectivity index (χ2n) is 5.40. The van der Waals surface area contributed by atoms with Gasteiger partial charge in [0.05, 0.1) is 11.4 Å². The highest BCUT2D eigenvalue weighted by Crippen LogP contribution is 2.37. The lowest BCUT2D eigenvalue weighted by molar-refractivity contribution is 0.321. The van der Waals surface area contributed by atoms with Gasteiger partial charge in [-0.15, -0.1) is 0 Å². The number of aryl methyl sites for hydroxylation is 1. The molecule has 0 N–H and O–H groups in total. The van der Waals surface area contributed by atoms with Gasteiger partial charge in [0.25, 0.3) is 0 Å². The van der Waals surface area contributed by atoms with Crippen LogP contribution < -0.4 is 0 Å². The van der Waals surface area contributed by atoms with Crippen molar-refractivity contribution in [3.63, 3.8) is 0 Å². The number of fused-ring (bicyclic) bond motifs is 1. The zero-order chi connectivity index (χ0) is 15.2. The Morgan fingerprint density at radius 3 is 2.50 bits per heavy atom. The number of rotatable bonds is 3. The van der Waals surface area contributed by atoms with Crippen molar-refractivity contribution in [1.29, 1.82) is 0 Å². The van der Waals surface area contributed by atoms with Crippen LogP contribution in [0.5, 0.6) is 0 Å². The molecule has 4 nitrogen and oxygen atoms in total. The van der Waals surface area contributed by atoms with Crippen molar-refractivity contribution in [3.8, 4) is 0 Å². The zero-order valence-electron chi connectivity index (χ0n) is 12.5. The highest BCUT2D eigenvalue weighted by Gasteiger charge is 2.38. The molecule has 0 saturated heterocycles. The zero-order valence-corrected chi connectivity index (χ0v) is 12.5. The number of nitrogens with zero attached hydrogens (tertiary/aromatic N) is 4. The molecule has 2 heterocycles. The maximum atomic E-state index is 6.26. The van der Waals surface area contributed by atoms with Gasteiger partial charge >= 0.3 is 0 Å². The summed E-state index contributed by atoms with van der Waals surface area (Å²) in [6, 6.07) is 0. The molecule has 0 unspecified atom stereocenters. The highest BCUT2D eigenvalue weighted by molar-refractivity contribution is 6.39. The van der Waals surface area contributed by atoms with Gasteiger partial charge in [-0.05, 0) is 24.5 Å². The second kappa shape index (κ2) is 4.69. The molecular weight excluding hydrogens is 246 g/mol. The first-order valence-electron chi connectivity index (χ1n) is 6.53. The number of likely N-dealkylation sites (N-methyl/N-ethyl adjacent to an activating group) is 1. The van der Waals surface area contributed by atoms with E-state index in [0.29, 0.717) is 11.6 Å². The molecule has 1 aliphatic rings. The van der Waals surface area contributed by atoms with Crippen molar-refractivity contribution in [2.75, 3.05) is 7.05 Å². The molecule has 0 atom stereocenters. The second-order valence-corrected chi connectivity index (χ2v) is 5.40. The van der Waals surface area contributed by atoms with Gasteiger partial charge in [0.1, 0.15) is 27.3 Å². The standard InChI is InChI=1S/C14H18B2N4/c1-7-11-12(9(4)8(2)3)19(6)14(15,16)13-17-10(5)18-20(11)13/h7-8H,1,4H2,2-3,5-6H3. The average molecular weight is 264 g/mol. The summed E-state index contributed by atoms with van der Waals surface area (Å²) >= 11 is 0. The van der Waals surface area contributed by atoms with Crippen molar-refractivity contribution in [1.82, 2.24) is 19.7 Å². The third kappa shape index (κ3) is 1.94. The number of allylic oxidation sites excluding steroid dienone is 3. The number of hydrogen-bond donors (Lipinski definition) is 0. The molecular formula is C14H18B2N4. The van der Waals surface area contributed by atoms with E-state index < -0.39 is 5.34 Å². The van der Waals surface area contributed by atoms with E-state index in [1.807, 2.05) is 7.05 Å². The lowest BCUT2D eigenvalue weighted by Crippen LogP contribution is -2.50. The summed E-state index contributed by atoms with van der Waals surface area (Å²) < 4.78 is 1.66. The first kappa shape index (κ1) is 14.7. The maximum absolute atomic E-state index is 6.26. The molecule has 1 aromatic rings. The Balaban J connectivity index is 2.78. The van der Waals surface area contributed by atoms with Crippen LogP contribution in [0.15, 0.2) is 30.5 Å². The van der Waals surface area contributed by atoms with Crippen LogP contribution in [0.4, 0.5) is 0 Å². The topological polar surface area (TPSA) is 34.0 Å². The Morgan fingerprint density at radius 1 is 1.40 bits per heavy atom. The molecule has 0 amide bonds. The fraction of sp³-hybridized carbons (Fsp3) is 0.429. The summed E-state index contributed by atoms with van der Waals surface area (Å²) in [7, 11) is 14.4. The molecule has 1 aromatic heterocycles. The van der Waals surface area contributed by atoms with Crippen LogP contribution >= 0.6 is 0 Å². The minimum Gasteiger partial charge on any atom is -0.377 e. The van der Waals surface area contributed by atoms with E-state index in [0.717, 1.165) is 17.0 Å². The van der Waals surface area contributed by atoms with Crippen LogP contribution in [-0.2, 0) is 5.34 Å². The maximum Gasteiger partial charge on any atom is 0.148 e. The van der Waals surface area contributed by atoms with Crippen LogP contribution in [-0.4, -0.2) is 42.4 Å². The fourth-order valence-corrected chi connectivity index (χ4v) is 2.29. The first-order valence-corrected chi connectivity index (χ1v) is 6.53. The molecule has 2 rings (SSSR count). The number of hydrogen-bond acceptors (Lipinski definition) is 3. The van der Waals surface area contributed by atoms with Crippen LogP contribution in [0.2, 0.25) is 0 Å². The summed E-state index contributed by atoms with van der Waals surface area (Å²) in [6.45, 7) is 14.0. The predicted molar refractivity (Wildman–Crippen MR) is 83.1 cm³/mol. The summed E-state index contributed by atoms with van der Waals surface area (Å²) in [5, 5.41) is 3.14.